The van der Waals surface area contributed by atoms with Crippen LogP contribution in [0.2, 0.25) is 0 Å². The van der Waals surface area contributed by atoms with Crippen LogP contribution < -0.4 is 10.1 Å². The molecule has 0 heterocycles. The van der Waals surface area contributed by atoms with Crippen LogP contribution in [0.4, 0.5) is 0 Å². The number of hydrogen-bond donors (Lipinski definition) is 1. The first-order chi connectivity index (χ1) is 10.7. The summed E-state index contributed by atoms with van der Waals surface area (Å²) in [5.41, 5.74) is 0.859. The van der Waals surface area contributed by atoms with Crippen molar-refractivity contribution in [2.24, 2.45) is 0 Å². The third-order valence-electron chi connectivity index (χ3n) is 3.15. The fraction of sp³-hybridized carbons (Fsp3) is 0.111. The topological polar surface area (TPSA) is 62.1 Å². The van der Waals surface area contributed by atoms with Gasteiger partial charge in [-0.05, 0) is 40.6 Å². The average molecular weight is 292 g/mol. The van der Waals surface area contributed by atoms with Crippen molar-refractivity contribution < 1.29 is 9.53 Å². The highest BCUT2D eigenvalue weighted by molar-refractivity contribution is 6.02. The van der Waals surface area contributed by atoms with Gasteiger partial charge in [-0.3, -0.25) is 4.79 Å². The molecule has 1 N–H and O–H groups in total. The molecule has 110 valence electrons. The van der Waals surface area contributed by atoms with Crippen LogP contribution in [0.25, 0.3) is 16.8 Å². The van der Waals surface area contributed by atoms with E-state index in [1.54, 1.807) is 19.3 Å². The van der Waals surface area contributed by atoms with Crippen LogP contribution in [0.1, 0.15) is 5.56 Å². The van der Waals surface area contributed by atoms with Crippen molar-refractivity contribution in [1.29, 1.82) is 5.26 Å². The van der Waals surface area contributed by atoms with Gasteiger partial charge in [0.25, 0.3) is 5.91 Å². The van der Waals surface area contributed by atoms with Crippen molar-refractivity contribution in [2.45, 2.75) is 0 Å². The Bertz CT molecular complexity index is 785. The van der Waals surface area contributed by atoms with E-state index in [4.69, 9.17) is 10.00 Å². The molecule has 0 saturated heterocycles. The van der Waals surface area contributed by atoms with E-state index in [2.05, 4.69) is 11.9 Å². The lowest BCUT2D eigenvalue weighted by molar-refractivity contribution is -0.116. The minimum atomic E-state index is -0.405. The van der Waals surface area contributed by atoms with Crippen molar-refractivity contribution in [3.8, 4) is 11.8 Å². The minimum Gasteiger partial charge on any atom is -0.497 e. The second-order valence-corrected chi connectivity index (χ2v) is 4.64. The normalized spacial score (nSPS) is 10.8. The van der Waals surface area contributed by atoms with E-state index in [0.29, 0.717) is 6.54 Å². The maximum Gasteiger partial charge on any atom is 0.262 e. The number of methoxy groups -OCH3 is 1. The molecule has 0 aliphatic rings. The van der Waals surface area contributed by atoms with E-state index in [1.807, 2.05) is 42.5 Å². The summed E-state index contributed by atoms with van der Waals surface area (Å²) in [5, 5.41) is 13.8. The largest absolute Gasteiger partial charge is 0.497 e. The van der Waals surface area contributed by atoms with Crippen LogP contribution in [0.3, 0.4) is 0 Å². The predicted octanol–water partition coefficient (Wildman–Crippen LogP) is 3.06. The third kappa shape index (κ3) is 3.53. The Labute approximate surface area is 129 Å². The lowest BCUT2D eigenvalue weighted by Gasteiger charge is -2.04. The van der Waals surface area contributed by atoms with E-state index in [0.717, 1.165) is 22.1 Å². The third-order valence-corrected chi connectivity index (χ3v) is 3.15. The van der Waals surface area contributed by atoms with Crippen LogP contribution in [-0.4, -0.2) is 19.6 Å². The van der Waals surface area contributed by atoms with Crippen molar-refractivity contribution in [3.05, 3.63) is 60.2 Å². The second-order valence-electron chi connectivity index (χ2n) is 4.64. The number of carbonyl (C=O) groups excluding carboxylic acids is 1. The van der Waals surface area contributed by atoms with E-state index in [1.165, 1.54) is 0 Å². The van der Waals surface area contributed by atoms with E-state index < -0.39 is 5.91 Å². The quantitative estimate of drug-likeness (QED) is 0.523. The van der Waals surface area contributed by atoms with Gasteiger partial charge < -0.3 is 10.1 Å². The van der Waals surface area contributed by atoms with Gasteiger partial charge in [0.05, 0.1) is 7.11 Å². The zero-order valence-electron chi connectivity index (χ0n) is 12.3. The highest BCUT2D eigenvalue weighted by atomic mass is 16.5. The lowest BCUT2D eigenvalue weighted by Crippen LogP contribution is -2.24. The highest BCUT2D eigenvalue weighted by Gasteiger charge is 2.07. The van der Waals surface area contributed by atoms with Gasteiger partial charge in [-0.1, -0.05) is 24.3 Å². The zero-order valence-corrected chi connectivity index (χ0v) is 12.3. The van der Waals surface area contributed by atoms with Gasteiger partial charge >= 0.3 is 0 Å². The Kier molecular flexibility index (Phi) is 4.94. The van der Waals surface area contributed by atoms with Gasteiger partial charge in [0.2, 0.25) is 0 Å². The van der Waals surface area contributed by atoms with Gasteiger partial charge in [-0.15, -0.1) is 6.58 Å². The molecule has 22 heavy (non-hydrogen) atoms. The number of rotatable bonds is 5. The summed E-state index contributed by atoms with van der Waals surface area (Å²) in [6, 6.07) is 13.4. The second kappa shape index (κ2) is 7.09. The number of hydrogen-bond acceptors (Lipinski definition) is 3. The van der Waals surface area contributed by atoms with Crippen LogP contribution >= 0.6 is 0 Å². The van der Waals surface area contributed by atoms with Gasteiger partial charge in [0.1, 0.15) is 17.4 Å². The van der Waals surface area contributed by atoms with Crippen LogP contribution in [0, 0.1) is 11.3 Å². The van der Waals surface area contributed by atoms with Crippen molar-refractivity contribution >= 4 is 22.8 Å². The first-order valence-corrected chi connectivity index (χ1v) is 6.76. The average Bonchev–Trinajstić information content (AvgIpc) is 2.56. The summed E-state index contributed by atoms with van der Waals surface area (Å²) in [6.07, 6.45) is 3.14. The zero-order chi connectivity index (χ0) is 15.9. The Morgan fingerprint density at radius 1 is 1.32 bits per heavy atom. The Morgan fingerprint density at radius 3 is 2.73 bits per heavy atom. The number of nitriles is 1. The standard InChI is InChI=1S/C18H16N2O2/c1-3-8-20-18(21)16(12-19)10-13-4-5-15-11-17(22-2)7-6-14(15)9-13/h3-7,9-11H,1,8H2,2H3,(H,20,21)/b16-10+. The van der Waals surface area contributed by atoms with E-state index in [9.17, 15) is 4.79 Å². The highest BCUT2D eigenvalue weighted by Crippen LogP contribution is 2.22. The summed E-state index contributed by atoms with van der Waals surface area (Å²) in [5.74, 6) is 0.384. The van der Waals surface area contributed by atoms with E-state index in [-0.39, 0.29) is 5.57 Å². The summed E-state index contributed by atoms with van der Waals surface area (Å²) in [4.78, 5) is 11.8. The van der Waals surface area contributed by atoms with Gasteiger partial charge in [-0.2, -0.15) is 5.26 Å². The summed E-state index contributed by atoms with van der Waals surface area (Å²) in [6.45, 7) is 3.85. The van der Waals surface area contributed by atoms with Crippen LogP contribution in [0.15, 0.2) is 54.6 Å². The molecule has 0 aromatic heterocycles. The molecule has 0 radical (unpaired) electrons. The smallest absolute Gasteiger partial charge is 0.262 e. The molecule has 0 unspecified atom stereocenters. The van der Waals surface area contributed by atoms with E-state index >= 15 is 0 Å². The SMILES string of the molecule is C=CCNC(=O)/C(C#N)=C/c1ccc2cc(OC)ccc2c1. The Morgan fingerprint density at radius 2 is 2.05 bits per heavy atom. The van der Waals surface area contributed by atoms with Crippen molar-refractivity contribution in [2.75, 3.05) is 13.7 Å². The number of nitrogens with zero attached hydrogens (tertiary/aromatic N) is 1. The van der Waals surface area contributed by atoms with Crippen LogP contribution in [0.5, 0.6) is 5.75 Å². The first kappa shape index (κ1) is 15.3. The lowest BCUT2D eigenvalue weighted by atomic mass is 10.0. The Hall–Kier alpha value is -3.06. The molecule has 2 aromatic rings. The predicted molar refractivity (Wildman–Crippen MR) is 87.3 cm³/mol. The molecule has 0 atom stereocenters. The summed E-state index contributed by atoms with van der Waals surface area (Å²) < 4.78 is 5.19. The molecule has 0 bridgehead atoms. The molecule has 0 saturated carbocycles. The van der Waals surface area contributed by atoms with Crippen LogP contribution in [-0.2, 0) is 4.79 Å². The maximum atomic E-state index is 11.8. The molecular formula is C18H16N2O2. The van der Waals surface area contributed by atoms with Crippen molar-refractivity contribution in [3.63, 3.8) is 0 Å². The van der Waals surface area contributed by atoms with Gasteiger partial charge in [0, 0.05) is 6.54 Å². The maximum absolute atomic E-state index is 11.8. The fourth-order valence-corrected chi connectivity index (χ4v) is 2.03. The number of benzene rings is 2. The van der Waals surface area contributed by atoms with Gasteiger partial charge in [-0.25, -0.2) is 0 Å². The molecule has 2 rings (SSSR count). The minimum absolute atomic E-state index is 0.0645. The fourth-order valence-electron chi connectivity index (χ4n) is 2.03. The molecule has 0 spiro atoms. The van der Waals surface area contributed by atoms with Gasteiger partial charge in [0.15, 0.2) is 0 Å². The molecule has 4 heteroatoms. The molecule has 0 aliphatic carbocycles. The summed E-state index contributed by atoms with van der Waals surface area (Å²) in [7, 11) is 1.62. The number of fused-ring (bicyclic) bond motifs is 1. The number of amides is 1. The molecular weight excluding hydrogens is 276 g/mol. The van der Waals surface area contributed by atoms with Crippen molar-refractivity contribution in [1.82, 2.24) is 5.32 Å². The number of nitrogens with one attached hydrogen (secondary N) is 1. The molecule has 1 amide bonds. The summed E-state index contributed by atoms with van der Waals surface area (Å²) >= 11 is 0. The number of carbonyl (C=O) groups is 1. The molecule has 2 aromatic carbocycles. The molecule has 4 nitrogen and oxygen atoms in total. The Balaban J connectivity index is 2.33. The monoisotopic (exact) mass is 292 g/mol. The number of ether oxygens (including phenoxy) is 1. The molecule has 0 aliphatic heterocycles. The first-order valence-electron chi connectivity index (χ1n) is 6.76. The molecule has 0 fully saturated rings.